The van der Waals surface area contributed by atoms with Crippen LogP contribution in [0.2, 0.25) is 5.02 Å². The van der Waals surface area contributed by atoms with Gasteiger partial charge in [0, 0.05) is 39.4 Å². The van der Waals surface area contributed by atoms with Crippen LogP contribution in [0.1, 0.15) is 21.6 Å². The Bertz CT molecular complexity index is 1220. The van der Waals surface area contributed by atoms with Crippen LogP contribution in [0.4, 0.5) is 28.8 Å². The highest BCUT2D eigenvalue weighted by Crippen LogP contribution is 2.21. The number of carbonyl (C=O) groups is 1. The number of anilines is 5. The van der Waals surface area contributed by atoms with Crippen molar-refractivity contribution >= 4 is 46.3 Å². The number of hydrogen-bond donors (Lipinski definition) is 3. The highest BCUT2D eigenvalue weighted by Gasteiger charge is 2.07. The van der Waals surface area contributed by atoms with Gasteiger partial charge in [-0.25, -0.2) is 4.98 Å². The molecule has 7 heteroatoms. The first-order valence-corrected chi connectivity index (χ1v) is 10.5. The van der Waals surface area contributed by atoms with Gasteiger partial charge in [-0.3, -0.25) is 4.79 Å². The molecule has 160 valence electrons. The quantitative estimate of drug-likeness (QED) is 0.317. The second kappa shape index (κ2) is 9.49. The Morgan fingerprint density at radius 2 is 1.34 bits per heavy atom. The van der Waals surface area contributed by atoms with Crippen molar-refractivity contribution < 1.29 is 4.79 Å². The van der Waals surface area contributed by atoms with Gasteiger partial charge in [-0.2, -0.15) is 4.98 Å². The smallest absolute Gasteiger partial charge is 0.255 e. The van der Waals surface area contributed by atoms with E-state index in [2.05, 4.69) is 32.8 Å². The number of rotatable bonds is 6. The fourth-order valence-electron chi connectivity index (χ4n) is 3.04. The Labute approximate surface area is 191 Å². The summed E-state index contributed by atoms with van der Waals surface area (Å²) in [5.41, 5.74) is 5.02. The van der Waals surface area contributed by atoms with Crippen molar-refractivity contribution in [2.24, 2.45) is 0 Å². The Hall–Kier alpha value is -3.90. The number of carbonyl (C=O) groups excluding carboxylic acids is 1. The first-order chi connectivity index (χ1) is 15.4. The van der Waals surface area contributed by atoms with Crippen molar-refractivity contribution in [3.63, 3.8) is 0 Å². The second-order valence-electron chi connectivity index (χ2n) is 7.37. The molecule has 32 heavy (non-hydrogen) atoms. The van der Waals surface area contributed by atoms with Crippen LogP contribution in [0.3, 0.4) is 0 Å². The largest absolute Gasteiger partial charge is 0.340 e. The molecule has 0 saturated carbocycles. The SMILES string of the molecule is Cc1ccc(Nc2cc(C)nc(Nc3ccc(NC(=O)c4ccc(Cl)cc4)cc3)n2)cc1. The average Bonchev–Trinajstić information content (AvgIpc) is 2.77. The van der Waals surface area contributed by atoms with E-state index < -0.39 is 0 Å². The molecule has 0 atom stereocenters. The molecule has 3 aromatic carbocycles. The molecule has 1 heterocycles. The van der Waals surface area contributed by atoms with Crippen LogP contribution in [-0.4, -0.2) is 15.9 Å². The molecule has 0 bridgehead atoms. The monoisotopic (exact) mass is 443 g/mol. The topological polar surface area (TPSA) is 78.9 Å². The normalized spacial score (nSPS) is 10.5. The minimum Gasteiger partial charge on any atom is -0.340 e. The summed E-state index contributed by atoms with van der Waals surface area (Å²) in [6.07, 6.45) is 0. The highest BCUT2D eigenvalue weighted by molar-refractivity contribution is 6.30. The number of nitrogens with one attached hydrogen (secondary N) is 3. The van der Waals surface area contributed by atoms with E-state index in [9.17, 15) is 4.79 Å². The van der Waals surface area contributed by atoms with Gasteiger partial charge in [0.05, 0.1) is 0 Å². The Balaban J connectivity index is 1.42. The number of amides is 1. The molecule has 0 spiro atoms. The van der Waals surface area contributed by atoms with Gasteiger partial charge in [-0.15, -0.1) is 0 Å². The van der Waals surface area contributed by atoms with Gasteiger partial charge in [0.15, 0.2) is 0 Å². The minimum atomic E-state index is -0.198. The molecular weight excluding hydrogens is 422 g/mol. The van der Waals surface area contributed by atoms with Gasteiger partial charge >= 0.3 is 0 Å². The number of halogens is 1. The lowest BCUT2D eigenvalue weighted by Crippen LogP contribution is -2.11. The first-order valence-electron chi connectivity index (χ1n) is 10.1. The van der Waals surface area contributed by atoms with Crippen LogP contribution < -0.4 is 16.0 Å². The van der Waals surface area contributed by atoms with Gasteiger partial charge in [0.25, 0.3) is 5.91 Å². The summed E-state index contributed by atoms with van der Waals surface area (Å²) in [4.78, 5) is 21.4. The summed E-state index contributed by atoms with van der Waals surface area (Å²) >= 11 is 5.87. The predicted molar refractivity (Wildman–Crippen MR) is 130 cm³/mol. The van der Waals surface area contributed by atoms with Crippen molar-refractivity contribution in [2.75, 3.05) is 16.0 Å². The standard InChI is InChI=1S/C25H22ClN5O/c1-16-3-9-20(10-4-16)28-23-15-17(2)27-25(31-23)30-22-13-11-21(12-14-22)29-24(32)18-5-7-19(26)8-6-18/h3-15H,1-2H3,(H,29,32)(H2,27,28,30,31). The Morgan fingerprint density at radius 3 is 2.03 bits per heavy atom. The zero-order valence-electron chi connectivity index (χ0n) is 17.7. The summed E-state index contributed by atoms with van der Waals surface area (Å²) in [5, 5.41) is 9.97. The van der Waals surface area contributed by atoms with Crippen molar-refractivity contribution in [3.05, 3.63) is 101 Å². The molecule has 1 aromatic heterocycles. The van der Waals surface area contributed by atoms with Gasteiger partial charge in [-0.1, -0.05) is 29.3 Å². The van der Waals surface area contributed by atoms with E-state index in [0.29, 0.717) is 28.0 Å². The molecule has 6 nitrogen and oxygen atoms in total. The van der Waals surface area contributed by atoms with E-state index in [1.807, 2.05) is 61.5 Å². The van der Waals surface area contributed by atoms with Crippen LogP contribution >= 0.6 is 11.6 Å². The van der Waals surface area contributed by atoms with Crippen LogP contribution in [0.5, 0.6) is 0 Å². The van der Waals surface area contributed by atoms with E-state index in [0.717, 1.165) is 17.1 Å². The molecule has 1 amide bonds. The summed E-state index contributed by atoms with van der Waals surface area (Å²) in [6.45, 7) is 3.97. The molecular formula is C25H22ClN5O. The van der Waals surface area contributed by atoms with Crippen molar-refractivity contribution in [2.45, 2.75) is 13.8 Å². The highest BCUT2D eigenvalue weighted by atomic mass is 35.5. The first kappa shape index (κ1) is 21.3. The summed E-state index contributed by atoms with van der Waals surface area (Å²) < 4.78 is 0. The third kappa shape index (κ3) is 5.62. The molecule has 3 N–H and O–H groups in total. The lowest BCUT2D eigenvalue weighted by atomic mass is 10.2. The lowest BCUT2D eigenvalue weighted by molar-refractivity contribution is 0.102. The number of nitrogens with zero attached hydrogens (tertiary/aromatic N) is 2. The van der Waals surface area contributed by atoms with E-state index >= 15 is 0 Å². The van der Waals surface area contributed by atoms with E-state index in [4.69, 9.17) is 11.6 Å². The van der Waals surface area contributed by atoms with E-state index in [1.165, 1.54) is 5.56 Å². The maximum Gasteiger partial charge on any atom is 0.255 e. The zero-order valence-corrected chi connectivity index (χ0v) is 18.4. The van der Waals surface area contributed by atoms with Gasteiger partial charge in [-0.05, 0) is 74.5 Å². The molecule has 0 radical (unpaired) electrons. The van der Waals surface area contributed by atoms with Crippen LogP contribution in [0.25, 0.3) is 0 Å². The average molecular weight is 444 g/mol. The lowest BCUT2D eigenvalue weighted by Gasteiger charge is -2.11. The minimum absolute atomic E-state index is 0.198. The third-order valence-corrected chi connectivity index (χ3v) is 4.94. The molecule has 0 fully saturated rings. The fourth-order valence-corrected chi connectivity index (χ4v) is 3.17. The fraction of sp³-hybridized carbons (Fsp3) is 0.0800. The second-order valence-corrected chi connectivity index (χ2v) is 7.81. The molecule has 0 saturated heterocycles. The third-order valence-electron chi connectivity index (χ3n) is 4.68. The number of benzene rings is 3. The zero-order chi connectivity index (χ0) is 22.5. The van der Waals surface area contributed by atoms with Crippen molar-refractivity contribution in [1.82, 2.24) is 9.97 Å². The van der Waals surface area contributed by atoms with Crippen LogP contribution in [0, 0.1) is 13.8 Å². The van der Waals surface area contributed by atoms with Gasteiger partial charge in [0.2, 0.25) is 5.95 Å². The van der Waals surface area contributed by atoms with Crippen LogP contribution in [0.15, 0.2) is 78.9 Å². The Morgan fingerprint density at radius 1 is 0.750 bits per heavy atom. The summed E-state index contributed by atoms with van der Waals surface area (Å²) in [7, 11) is 0. The summed E-state index contributed by atoms with van der Waals surface area (Å²) in [5.74, 6) is 0.990. The summed E-state index contributed by atoms with van der Waals surface area (Å²) in [6, 6.07) is 24.1. The molecule has 0 aliphatic carbocycles. The molecule has 4 rings (SSSR count). The Kier molecular flexibility index (Phi) is 6.33. The maximum absolute atomic E-state index is 12.3. The number of aromatic nitrogens is 2. The predicted octanol–water partition coefficient (Wildman–Crippen LogP) is 6.49. The van der Waals surface area contributed by atoms with Gasteiger partial charge < -0.3 is 16.0 Å². The van der Waals surface area contributed by atoms with Crippen molar-refractivity contribution in [1.29, 1.82) is 0 Å². The molecule has 0 aliphatic heterocycles. The van der Waals surface area contributed by atoms with E-state index in [1.54, 1.807) is 24.3 Å². The molecule has 0 aliphatic rings. The maximum atomic E-state index is 12.3. The van der Waals surface area contributed by atoms with E-state index in [-0.39, 0.29) is 5.91 Å². The van der Waals surface area contributed by atoms with Crippen LogP contribution in [-0.2, 0) is 0 Å². The number of aryl methyl sites for hydroxylation is 2. The molecule has 0 unspecified atom stereocenters. The molecule has 4 aromatic rings. The van der Waals surface area contributed by atoms with Gasteiger partial charge in [0.1, 0.15) is 5.82 Å². The van der Waals surface area contributed by atoms with Crippen molar-refractivity contribution in [3.8, 4) is 0 Å². The number of hydrogen-bond acceptors (Lipinski definition) is 5.